The summed E-state index contributed by atoms with van der Waals surface area (Å²) in [7, 11) is 0. The summed E-state index contributed by atoms with van der Waals surface area (Å²) >= 11 is 5.81. The average Bonchev–Trinajstić information content (AvgIpc) is 2.40. The van der Waals surface area contributed by atoms with Gasteiger partial charge in [0.25, 0.3) is 5.91 Å². The predicted molar refractivity (Wildman–Crippen MR) is 73.4 cm³/mol. The lowest BCUT2D eigenvalue weighted by atomic mass is 10.1. The molecule has 0 radical (unpaired) electrons. The Kier molecular flexibility index (Phi) is 4.20. The molecule has 104 valence electrons. The van der Waals surface area contributed by atoms with Crippen LogP contribution in [0.4, 0.5) is 14.5 Å². The topological polar surface area (TPSA) is 55.1 Å². The Hall–Kier alpha value is -2.14. The maximum absolute atomic E-state index is 13.6. The van der Waals surface area contributed by atoms with Crippen molar-refractivity contribution in [3.05, 3.63) is 64.2 Å². The first-order valence-electron chi connectivity index (χ1n) is 5.74. The van der Waals surface area contributed by atoms with E-state index in [4.69, 9.17) is 17.3 Å². The molecule has 0 fully saturated rings. The Bertz CT molecular complexity index is 662. The number of nitrogen functional groups attached to an aromatic ring is 1. The van der Waals surface area contributed by atoms with Crippen LogP contribution >= 0.6 is 11.6 Å². The van der Waals surface area contributed by atoms with Crippen LogP contribution in [0.3, 0.4) is 0 Å². The summed E-state index contributed by atoms with van der Waals surface area (Å²) in [5.41, 5.74) is 5.19. The molecule has 0 aliphatic carbocycles. The number of carbonyl (C=O) groups is 1. The molecule has 0 spiro atoms. The molecule has 0 aliphatic heterocycles. The Morgan fingerprint density at radius 1 is 1.25 bits per heavy atom. The first-order chi connectivity index (χ1) is 9.47. The van der Waals surface area contributed by atoms with Crippen molar-refractivity contribution in [1.29, 1.82) is 0 Å². The van der Waals surface area contributed by atoms with Crippen LogP contribution in [0.25, 0.3) is 0 Å². The quantitative estimate of drug-likeness (QED) is 0.855. The molecule has 2 aromatic rings. The van der Waals surface area contributed by atoms with Crippen LogP contribution in [0.2, 0.25) is 5.02 Å². The van der Waals surface area contributed by atoms with Crippen molar-refractivity contribution >= 4 is 23.2 Å². The van der Waals surface area contributed by atoms with Gasteiger partial charge in [0.1, 0.15) is 5.82 Å². The summed E-state index contributed by atoms with van der Waals surface area (Å²) < 4.78 is 26.8. The molecule has 2 aromatic carbocycles. The molecule has 0 bridgehead atoms. The average molecular weight is 297 g/mol. The molecule has 0 aromatic heterocycles. The zero-order chi connectivity index (χ0) is 14.7. The molecular weight excluding hydrogens is 286 g/mol. The lowest BCUT2D eigenvalue weighted by Gasteiger charge is -2.08. The maximum Gasteiger partial charge on any atom is 0.254 e. The van der Waals surface area contributed by atoms with Gasteiger partial charge in [-0.2, -0.15) is 0 Å². The molecule has 0 unspecified atom stereocenters. The smallest absolute Gasteiger partial charge is 0.254 e. The third-order valence-electron chi connectivity index (χ3n) is 2.65. The fourth-order valence-corrected chi connectivity index (χ4v) is 1.91. The predicted octanol–water partition coefficient (Wildman–Crippen LogP) is 3.13. The van der Waals surface area contributed by atoms with Crippen LogP contribution in [-0.2, 0) is 6.54 Å². The van der Waals surface area contributed by atoms with E-state index < -0.39 is 28.8 Å². The van der Waals surface area contributed by atoms with Gasteiger partial charge >= 0.3 is 0 Å². The second-order valence-electron chi connectivity index (χ2n) is 4.17. The fraction of sp³-hybridized carbons (Fsp3) is 0.0714. The second-order valence-corrected chi connectivity index (χ2v) is 4.61. The summed E-state index contributed by atoms with van der Waals surface area (Å²) in [5, 5.41) is 3.00. The van der Waals surface area contributed by atoms with Crippen molar-refractivity contribution < 1.29 is 13.6 Å². The van der Waals surface area contributed by atoms with Crippen LogP contribution in [0.1, 0.15) is 15.9 Å². The van der Waals surface area contributed by atoms with Crippen LogP contribution in [0, 0.1) is 11.6 Å². The zero-order valence-electron chi connectivity index (χ0n) is 10.3. The largest absolute Gasteiger partial charge is 0.396 e. The summed E-state index contributed by atoms with van der Waals surface area (Å²) in [5.74, 6) is -2.44. The summed E-state index contributed by atoms with van der Waals surface area (Å²) in [6.45, 7) is 0.148. The molecule has 3 nitrogen and oxygen atoms in total. The number of anilines is 1. The lowest BCUT2D eigenvalue weighted by molar-refractivity contribution is 0.0946. The maximum atomic E-state index is 13.6. The Labute approximate surface area is 119 Å². The SMILES string of the molecule is Nc1cc(F)cc(C(=O)NCc2cccc(Cl)c2)c1F. The van der Waals surface area contributed by atoms with E-state index in [1.807, 2.05) is 0 Å². The Morgan fingerprint density at radius 3 is 2.70 bits per heavy atom. The molecule has 20 heavy (non-hydrogen) atoms. The first kappa shape index (κ1) is 14.3. The highest BCUT2D eigenvalue weighted by molar-refractivity contribution is 6.30. The van der Waals surface area contributed by atoms with E-state index in [2.05, 4.69) is 5.32 Å². The van der Waals surface area contributed by atoms with Gasteiger partial charge in [-0.25, -0.2) is 8.78 Å². The van der Waals surface area contributed by atoms with E-state index in [-0.39, 0.29) is 6.54 Å². The summed E-state index contributed by atoms with van der Waals surface area (Å²) in [4.78, 5) is 11.8. The van der Waals surface area contributed by atoms with Gasteiger partial charge in [0.2, 0.25) is 0 Å². The molecule has 1 amide bonds. The van der Waals surface area contributed by atoms with Gasteiger partial charge in [0.05, 0.1) is 11.3 Å². The van der Waals surface area contributed by atoms with Crippen molar-refractivity contribution in [2.75, 3.05) is 5.73 Å². The minimum absolute atomic E-state index is 0.148. The number of amides is 1. The molecule has 6 heteroatoms. The number of rotatable bonds is 3. The fourth-order valence-electron chi connectivity index (χ4n) is 1.70. The number of nitrogens with two attached hydrogens (primary N) is 1. The third-order valence-corrected chi connectivity index (χ3v) is 2.89. The van der Waals surface area contributed by atoms with Crippen molar-refractivity contribution in [2.45, 2.75) is 6.54 Å². The van der Waals surface area contributed by atoms with Gasteiger partial charge in [-0.15, -0.1) is 0 Å². The van der Waals surface area contributed by atoms with Gasteiger partial charge in [0, 0.05) is 11.6 Å². The molecule has 0 heterocycles. The second kappa shape index (κ2) is 5.88. The van der Waals surface area contributed by atoms with Gasteiger partial charge in [-0.05, 0) is 29.8 Å². The molecule has 2 rings (SSSR count). The van der Waals surface area contributed by atoms with E-state index in [0.29, 0.717) is 5.02 Å². The van der Waals surface area contributed by atoms with Crippen LogP contribution < -0.4 is 11.1 Å². The van der Waals surface area contributed by atoms with Crippen LogP contribution in [0.15, 0.2) is 36.4 Å². The van der Waals surface area contributed by atoms with Gasteiger partial charge in [0.15, 0.2) is 5.82 Å². The van der Waals surface area contributed by atoms with E-state index in [0.717, 1.165) is 17.7 Å². The standard InChI is InChI=1S/C14H11ClF2N2O/c15-9-3-1-2-8(4-9)7-19-14(20)11-5-10(16)6-12(18)13(11)17/h1-6H,7,18H2,(H,19,20). The molecule has 0 saturated carbocycles. The number of nitrogens with one attached hydrogen (secondary N) is 1. The number of benzene rings is 2. The number of carbonyl (C=O) groups excluding carboxylic acids is 1. The molecule has 0 atom stereocenters. The minimum atomic E-state index is -0.935. The Morgan fingerprint density at radius 2 is 2.00 bits per heavy atom. The highest BCUT2D eigenvalue weighted by Gasteiger charge is 2.15. The van der Waals surface area contributed by atoms with Crippen molar-refractivity contribution in [3.63, 3.8) is 0 Å². The molecule has 0 saturated heterocycles. The van der Waals surface area contributed by atoms with Crippen molar-refractivity contribution in [2.24, 2.45) is 0 Å². The van der Waals surface area contributed by atoms with Crippen molar-refractivity contribution in [1.82, 2.24) is 5.32 Å². The highest BCUT2D eigenvalue weighted by Crippen LogP contribution is 2.17. The Balaban J connectivity index is 2.13. The van der Waals surface area contributed by atoms with E-state index in [1.165, 1.54) is 0 Å². The van der Waals surface area contributed by atoms with Gasteiger partial charge < -0.3 is 11.1 Å². The molecule has 3 N–H and O–H groups in total. The van der Waals surface area contributed by atoms with Gasteiger partial charge in [-0.1, -0.05) is 23.7 Å². The number of hydrogen-bond donors (Lipinski definition) is 2. The van der Waals surface area contributed by atoms with E-state index >= 15 is 0 Å². The van der Waals surface area contributed by atoms with E-state index in [1.54, 1.807) is 24.3 Å². The summed E-state index contributed by atoms with van der Waals surface area (Å²) in [6.07, 6.45) is 0. The monoisotopic (exact) mass is 296 g/mol. The highest BCUT2D eigenvalue weighted by atomic mass is 35.5. The van der Waals surface area contributed by atoms with E-state index in [9.17, 15) is 13.6 Å². The van der Waals surface area contributed by atoms with Gasteiger partial charge in [-0.3, -0.25) is 4.79 Å². The summed E-state index contributed by atoms with van der Waals surface area (Å²) in [6, 6.07) is 8.47. The first-order valence-corrected chi connectivity index (χ1v) is 6.12. The third kappa shape index (κ3) is 3.24. The van der Waals surface area contributed by atoms with Crippen LogP contribution in [0.5, 0.6) is 0 Å². The number of hydrogen-bond acceptors (Lipinski definition) is 2. The molecule has 0 aliphatic rings. The molecular formula is C14H11ClF2N2O. The zero-order valence-corrected chi connectivity index (χ0v) is 11.0. The number of halogens is 3. The van der Waals surface area contributed by atoms with Crippen LogP contribution in [-0.4, -0.2) is 5.91 Å². The minimum Gasteiger partial charge on any atom is -0.396 e. The normalized spacial score (nSPS) is 10.3. The lowest BCUT2D eigenvalue weighted by Crippen LogP contribution is -2.24. The van der Waals surface area contributed by atoms with Crippen molar-refractivity contribution in [3.8, 4) is 0 Å².